The molecule has 0 spiro atoms. The summed E-state index contributed by atoms with van der Waals surface area (Å²) in [5.74, 6) is 1.44. The van der Waals surface area contributed by atoms with E-state index >= 15 is 0 Å². The van der Waals surface area contributed by atoms with Gasteiger partial charge >= 0.3 is 0 Å². The van der Waals surface area contributed by atoms with Gasteiger partial charge in [0.15, 0.2) is 5.96 Å². The molecule has 2 N–H and O–H groups in total. The van der Waals surface area contributed by atoms with Crippen LogP contribution in [0.15, 0.2) is 4.99 Å². The van der Waals surface area contributed by atoms with Crippen LogP contribution in [0, 0.1) is 5.92 Å². The molecule has 0 saturated carbocycles. The Bertz CT molecular complexity index is 221. The van der Waals surface area contributed by atoms with Crippen molar-refractivity contribution in [2.75, 3.05) is 40.5 Å². The normalized spacial score (nSPS) is 21.8. The van der Waals surface area contributed by atoms with Crippen LogP contribution >= 0.6 is 24.0 Å². The van der Waals surface area contributed by atoms with E-state index in [2.05, 4.69) is 22.5 Å². The lowest BCUT2D eigenvalue weighted by atomic mass is 10.1. The zero-order valence-electron chi connectivity index (χ0n) is 10.9. The summed E-state index contributed by atoms with van der Waals surface area (Å²) >= 11 is 0. The van der Waals surface area contributed by atoms with Crippen molar-refractivity contribution in [2.24, 2.45) is 10.9 Å². The van der Waals surface area contributed by atoms with Crippen molar-refractivity contribution < 1.29 is 9.47 Å². The molecule has 0 aromatic heterocycles. The molecule has 6 heteroatoms. The van der Waals surface area contributed by atoms with Gasteiger partial charge in [0.2, 0.25) is 0 Å². The Morgan fingerprint density at radius 2 is 2.35 bits per heavy atom. The second-order valence-electron chi connectivity index (χ2n) is 4.18. The van der Waals surface area contributed by atoms with Gasteiger partial charge in [-0.2, -0.15) is 0 Å². The number of rotatable bonds is 5. The van der Waals surface area contributed by atoms with E-state index in [9.17, 15) is 0 Å². The highest BCUT2D eigenvalue weighted by Gasteiger charge is 2.15. The van der Waals surface area contributed by atoms with Crippen molar-refractivity contribution in [1.29, 1.82) is 0 Å². The summed E-state index contributed by atoms with van der Waals surface area (Å²) in [5, 5.41) is 6.57. The highest BCUT2D eigenvalue weighted by molar-refractivity contribution is 14.0. The van der Waals surface area contributed by atoms with Gasteiger partial charge in [-0.15, -0.1) is 24.0 Å². The van der Waals surface area contributed by atoms with E-state index in [0.29, 0.717) is 12.5 Å². The molecular formula is C11H24IN3O2. The summed E-state index contributed by atoms with van der Waals surface area (Å²) < 4.78 is 10.4. The summed E-state index contributed by atoms with van der Waals surface area (Å²) in [6, 6.07) is 0.260. The van der Waals surface area contributed by atoms with Crippen molar-refractivity contribution >= 4 is 29.9 Å². The van der Waals surface area contributed by atoms with Gasteiger partial charge in [-0.1, -0.05) is 0 Å². The predicted molar refractivity (Wildman–Crippen MR) is 80.2 cm³/mol. The molecule has 1 rings (SSSR count). The standard InChI is InChI=1S/C11H23N3O2.HI/c1-9(7-15-3)14-11(12-2)13-6-10-4-5-16-8-10;/h9-10H,4-8H2,1-3H3,(H2,12,13,14);1H. The van der Waals surface area contributed by atoms with Crippen molar-refractivity contribution in [3.8, 4) is 0 Å². The van der Waals surface area contributed by atoms with Gasteiger partial charge in [-0.3, -0.25) is 4.99 Å². The van der Waals surface area contributed by atoms with Gasteiger partial charge in [0.25, 0.3) is 0 Å². The summed E-state index contributed by atoms with van der Waals surface area (Å²) in [5.41, 5.74) is 0. The largest absolute Gasteiger partial charge is 0.383 e. The smallest absolute Gasteiger partial charge is 0.191 e. The van der Waals surface area contributed by atoms with E-state index in [1.165, 1.54) is 0 Å². The van der Waals surface area contributed by atoms with Crippen LogP contribution in [0.5, 0.6) is 0 Å². The number of halogens is 1. The maximum absolute atomic E-state index is 5.32. The second-order valence-corrected chi connectivity index (χ2v) is 4.18. The lowest BCUT2D eigenvalue weighted by Crippen LogP contribution is -2.45. The van der Waals surface area contributed by atoms with Gasteiger partial charge < -0.3 is 20.1 Å². The first kappa shape index (κ1) is 16.9. The van der Waals surface area contributed by atoms with Crippen LogP contribution in [-0.2, 0) is 9.47 Å². The summed E-state index contributed by atoms with van der Waals surface area (Å²) in [6.45, 7) is 5.40. The third-order valence-corrected chi connectivity index (χ3v) is 2.61. The van der Waals surface area contributed by atoms with E-state index in [1.807, 2.05) is 0 Å². The topological polar surface area (TPSA) is 54.9 Å². The number of methoxy groups -OCH3 is 1. The molecule has 1 saturated heterocycles. The Morgan fingerprint density at radius 1 is 1.59 bits per heavy atom. The number of nitrogens with zero attached hydrogens (tertiary/aromatic N) is 1. The molecule has 1 aliphatic rings. The minimum absolute atomic E-state index is 0. The zero-order valence-corrected chi connectivity index (χ0v) is 13.2. The first-order chi connectivity index (χ1) is 7.76. The number of ether oxygens (including phenoxy) is 2. The third-order valence-electron chi connectivity index (χ3n) is 2.61. The lowest BCUT2D eigenvalue weighted by Gasteiger charge is -2.18. The van der Waals surface area contributed by atoms with Crippen molar-refractivity contribution in [1.82, 2.24) is 10.6 Å². The van der Waals surface area contributed by atoms with Crippen LogP contribution in [0.25, 0.3) is 0 Å². The van der Waals surface area contributed by atoms with Gasteiger partial charge in [0.1, 0.15) is 0 Å². The fourth-order valence-corrected chi connectivity index (χ4v) is 1.71. The molecule has 1 fully saturated rings. The molecule has 102 valence electrons. The average molecular weight is 357 g/mol. The maximum Gasteiger partial charge on any atom is 0.191 e. The number of guanidine groups is 1. The number of hydrogen-bond donors (Lipinski definition) is 2. The predicted octanol–water partition coefficient (Wildman–Crippen LogP) is 0.841. The summed E-state index contributed by atoms with van der Waals surface area (Å²) in [7, 11) is 3.48. The average Bonchev–Trinajstić information content (AvgIpc) is 2.77. The molecule has 2 unspecified atom stereocenters. The Hall–Kier alpha value is -0.0800. The SMILES string of the molecule is CN=C(NCC1CCOC1)NC(C)COC.I. The fraction of sp³-hybridized carbons (Fsp3) is 0.909. The fourth-order valence-electron chi connectivity index (χ4n) is 1.71. The van der Waals surface area contributed by atoms with Gasteiger partial charge in [-0.25, -0.2) is 0 Å². The van der Waals surface area contributed by atoms with E-state index in [-0.39, 0.29) is 30.0 Å². The highest BCUT2D eigenvalue weighted by atomic mass is 127. The van der Waals surface area contributed by atoms with Crippen molar-refractivity contribution in [3.05, 3.63) is 0 Å². The van der Waals surface area contributed by atoms with Crippen LogP contribution in [-0.4, -0.2) is 52.5 Å². The van der Waals surface area contributed by atoms with E-state index < -0.39 is 0 Å². The summed E-state index contributed by atoms with van der Waals surface area (Å²) in [4.78, 5) is 4.17. The Balaban J connectivity index is 0.00000256. The van der Waals surface area contributed by atoms with E-state index in [0.717, 1.165) is 32.1 Å². The van der Waals surface area contributed by atoms with Gasteiger partial charge in [0.05, 0.1) is 13.2 Å². The third kappa shape index (κ3) is 7.05. The quantitative estimate of drug-likeness (QED) is 0.435. The molecule has 17 heavy (non-hydrogen) atoms. The van der Waals surface area contributed by atoms with Crippen molar-refractivity contribution in [2.45, 2.75) is 19.4 Å². The Kier molecular flexibility index (Phi) is 9.85. The van der Waals surface area contributed by atoms with Crippen LogP contribution in [0.1, 0.15) is 13.3 Å². The molecule has 0 bridgehead atoms. The molecule has 0 aromatic rings. The first-order valence-electron chi connectivity index (χ1n) is 5.80. The van der Waals surface area contributed by atoms with Crippen molar-refractivity contribution in [3.63, 3.8) is 0 Å². The lowest BCUT2D eigenvalue weighted by molar-refractivity contribution is 0.178. The van der Waals surface area contributed by atoms with E-state index in [1.54, 1.807) is 14.2 Å². The number of aliphatic imine (C=N–C) groups is 1. The Morgan fingerprint density at radius 3 is 2.88 bits per heavy atom. The molecule has 5 nitrogen and oxygen atoms in total. The first-order valence-corrected chi connectivity index (χ1v) is 5.80. The minimum atomic E-state index is 0. The molecule has 1 heterocycles. The molecule has 0 aromatic carbocycles. The second kappa shape index (κ2) is 9.90. The van der Waals surface area contributed by atoms with E-state index in [4.69, 9.17) is 9.47 Å². The van der Waals surface area contributed by atoms with Crippen LogP contribution < -0.4 is 10.6 Å². The van der Waals surface area contributed by atoms with Crippen LogP contribution in [0.2, 0.25) is 0 Å². The van der Waals surface area contributed by atoms with Gasteiger partial charge in [-0.05, 0) is 13.3 Å². The molecule has 0 amide bonds. The molecule has 0 radical (unpaired) electrons. The molecule has 1 aliphatic heterocycles. The maximum atomic E-state index is 5.32. The number of nitrogens with one attached hydrogen (secondary N) is 2. The zero-order chi connectivity index (χ0) is 11.8. The highest BCUT2D eigenvalue weighted by Crippen LogP contribution is 2.10. The Labute approximate surface area is 121 Å². The molecular weight excluding hydrogens is 333 g/mol. The number of hydrogen-bond acceptors (Lipinski definition) is 3. The molecule has 2 atom stereocenters. The van der Waals surface area contributed by atoms with Crippen LogP contribution in [0.3, 0.4) is 0 Å². The van der Waals surface area contributed by atoms with Crippen LogP contribution in [0.4, 0.5) is 0 Å². The molecule has 0 aliphatic carbocycles. The monoisotopic (exact) mass is 357 g/mol. The minimum Gasteiger partial charge on any atom is -0.383 e. The van der Waals surface area contributed by atoms with Gasteiger partial charge in [0, 0.05) is 39.3 Å². The summed E-state index contributed by atoms with van der Waals surface area (Å²) in [6.07, 6.45) is 1.14.